The summed E-state index contributed by atoms with van der Waals surface area (Å²) < 4.78 is 0. The molecule has 0 spiro atoms. The fourth-order valence-corrected chi connectivity index (χ4v) is 3.41. The fourth-order valence-electron chi connectivity index (χ4n) is 3.41. The van der Waals surface area contributed by atoms with Crippen molar-refractivity contribution in [3.8, 4) is 0 Å². The van der Waals surface area contributed by atoms with Gasteiger partial charge >= 0.3 is 0 Å². The maximum Gasteiger partial charge on any atom is 0.229 e. The van der Waals surface area contributed by atoms with E-state index in [2.05, 4.69) is 69.5 Å². The molecule has 2 heterocycles. The molecule has 0 unspecified atom stereocenters. The van der Waals surface area contributed by atoms with Gasteiger partial charge in [-0.2, -0.15) is 4.98 Å². The predicted molar refractivity (Wildman–Crippen MR) is 110 cm³/mol. The van der Waals surface area contributed by atoms with Crippen molar-refractivity contribution in [1.29, 1.82) is 0 Å². The van der Waals surface area contributed by atoms with E-state index in [4.69, 9.17) is 4.98 Å². The lowest BCUT2D eigenvalue weighted by atomic mass is 10.2. The van der Waals surface area contributed by atoms with Crippen molar-refractivity contribution in [2.45, 2.75) is 13.5 Å². The summed E-state index contributed by atoms with van der Waals surface area (Å²) in [5.74, 6) is 1.63. The Kier molecular flexibility index (Phi) is 5.30. The van der Waals surface area contributed by atoms with Crippen molar-refractivity contribution in [2.24, 2.45) is 0 Å². The van der Waals surface area contributed by atoms with Gasteiger partial charge in [0.25, 0.3) is 0 Å². The predicted octanol–water partition coefficient (Wildman–Crippen LogP) is 3.85. The normalized spacial score (nSPS) is 14.9. The summed E-state index contributed by atoms with van der Waals surface area (Å²) in [5.41, 5.74) is 3.60. The third kappa shape index (κ3) is 4.63. The highest BCUT2D eigenvalue weighted by Gasteiger charge is 2.18. The Morgan fingerprint density at radius 1 is 0.926 bits per heavy atom. The van der Waals surface area contributed by atoms with Crippen molar-refractivity contribution in [2.75, 3.05) is 36.4 Å². The van der Waals surface area contributed by atoms with Gasteiger partial charge in [-0.3, -0.25) is 4.90 Å². The lowest BCUT2D eigenvalue weighted by molar-refractivity contribution is 0.249. The van der Waals surface area contributed by atoms with Crippen LogP contribution in [0.15, 0.2) is 66.9 Å². The summed E-state index contributed by atoms with van der Waals surface area (Å²) in [6.45, 7) is 7.14. The van der Waals surface area contributed by atoms with Gasteiger partial charge in [0.1, 0.15) is 5.82 Å². The number of anilines is 3. The van der Waals surface area contributed by atoms with Crippen LogP contribution in [0.1, 0.15) is 11.1 Å². The molecular formula is C22H25N5. The first-order valence-corrected chi connectivity index (χ1v) is 9.44. The van der Waals surface area contributed by atoms with Crippen LogP contribution in [0.2, 0.25) is 0 Å². The standard InChI is InChI=1S/C22H25N5/c1-18-6-5-9-20(16-18)24-22-23-11-10-21(25-22)27-14-12-26(13-15-27)17-19-7-3-2-4-8-19/h2-11,16H,12-15,17H2,1H3,(H,23,24,25). The van der Waals surface area contributed by atoms with Gasteiger partial charge < -0.3 is 10.2 Å². The molecule has 1 aliphatic heterocycles. The van der Waals surface area contributed by atoms with E-state index in [1.54, 1.807) is 0 Å². The third-order valence-corrected chi connectivity index (χ3v) is 4.86. The van der Waals surface area contributed by atoms with Gasteiger partial charge in [-0.05, 0) is 36.2 Å². The molecule has 5 heteroatoms. The second-order valence-electron chi connectivity index (χ2n) is 6.98. The molecule has 0 radical (unpaired) electrons. The summed E-state index contributed by atoms with van der Waals surface area (Å²) in [5, 5.41) is 3.31. The number of nitrogens with one attached hydrogen (secondary N) is 1. The Balaban J connectivity index is 1.37. The van der Waals surface area contributed by atoms with Gasteiger partial charge in [0.05, 0.1) is 0 Å². The largest absolute Gasteiger partial charge is 0.354 e. The number of hydrogen-bond acceptors (Lipinski definition) is 5. The van der Waals surface area contributed by atoms with Crippen LogP contribution >= 0.6 is 0 Å². The zero-order valence-corrected chi connectivity index (χ0v) is 15.7. The van der Waals surface area contributed by atoms with E-state index < -0.39 is 0 Å². The van der Waals surface area contributed by atoms with Crippen LogP contribution in [0.4, 0.5) is 17.5 Å². The summed E-state index contributed by atoms with van der Waals surface area (Å²) in [7, 11) is 0. The van der Waals surface area contributed by atoms with Crippen LogP contribution < -0.4 is 10.2 Å². The van der Waals surface area contributed by atoms with Crippen molar-refractivity contribution >= 4 is 17.5 Å². The van der Waals surface area contributed by atoms with Crippen LogP contribution in [-0.4, -0.2) is 41.0 Å². The van der Waals surface area contributed by atoms with Gasteiger partial charge in [-0.1, -0.05) is 42.5 Å². The second-order valence-corrected chi connectivity index (χ2v) is 6.98. The fraction of sp³-hybridized carbons (Fsp3) is 0.273. The summed E-state index contributed by atoms with van der Waals surface area (Å²) in [6, 6.07) is 20.9. The second kappa shape index (κ2) is 8.18. The molecule has 4 rings (SSSR count). The molecule has 1 fully saturated rings. The Morgan fingerprint density at radius 3 is 2.52 bits per heavy atom. The smallest absolute Gasteiger partial charge is 0.229 e. The Bertz CT molecular complexity index is 873. The molecule has 0 atom stereocenters. The molecule has 27 heavy (non-hydrogen) atoms. The first-order chi connectivity index (χ1) is 13.3. The molecule has 1 saturated heterocycles. The summed E-state index contributed by atoms with van der Waals surface area (Å²) >= 11 is 0. The highest BCUT2D eigenvalue weighted by atomic mass is 15.3. The number of aromatic nitrogens is 2. The van der Waals surface area contributed by atoms with E-state index in [-0.39, 0.29) is 0 Å². The number of piperazine rings is 1. The van der Waals surface area contributed by atoms with Gasteiger partial charge in [0, 0.05) is 44.6 Å². The highest BCUT2D eigenvalue weighted by molar-refractivity contribution is 5.56. The molecule has 2 aromatic carbocycles. The first kappa shape index (κ1) is 17.5. The first-order valence-electron chi connectivity index (χ1n) is 9.44. The topological polar surface area (TPSA) is 44.3 Å². The Morgan fingerprint density at radius 2 is 1.74 bits per heavy atom. The third-order valence-electron chi connectivity index (χ3n) is 4.86. The average Bonchev–Trinajstić information content (AvgIpc) is 2.70. The summed E-state index contributed by atoms with van der Waals surface area (Å²) in [6.07, 6.45) is 1.83. The number of hydrogen-bond donors (Lipinski definition) is 1. The molecule has 0 amide bonds. The number of aryl methyl sites for hydroxylation is 1. The van der Waals surface area contributed by atoms with E-state index in [1.807, 2.05) is 24.4 Å². The maximum atomic E-state index is 4.72. The summed E-state index contributed by atoms with van der Waals surface area (Å²) in [4.78, 5) is 13.9. The van der Waals surface area contributed by atoms with Crippen LogP contribution in [0.5, 0.6) is 0 Å². The van der Waals surface area contributed by atoms with E-state index in [9.17, 15) is 0 Å². The van der Waals surface area contributed by atoms with Crippen molar-refractivity contribution < 1.29 is 0 Å². The minimum atomic E-state index is 0.643. The molecule has 3 aromatic rings. The van der Waals surface area contributed by atoms with Crippen molar-refractivity contribution in [1.82, 2.24) is 14.9 Å². The van der Waals surface area contributed by atoms with E-state index in [0.29, 0.717) is 5.95 Å². The van der Waals surface area contributed by atoms with Gasteiger partial charge in [0.2, 0.25) is 5.95 Å². The minimum Gasteiger partial charge on any atom is -0.354 e. The molecule has 0 bridgehead atoms. The number of rotatable bonds is 5. The van der Waals surface area contributed by atoms with Gasteiger partial charge in [0.15, 0.2) is 0 Å². The highest BCUT2D eigenvalue weighted by Crippen LogP contribution is 2.19. The van der Waals surface area contributed by atoms with Crippen LogP contribution in [0, 0.1) is 6.92 Å². The Labute approximate surface area is 160 Å². The van der Waals surface area contributed by atoms with Crippen molar-refractivity contribution in [3.05, 3.63) is 78.0 Å². The molecule has 5 nitrogen and oxygen atoms in total. The number of nitrogens with zero attached hydrogens (tertiary/aromatic N) is 4. The monoisotopic (exact) mass is 359 g/mol. The molecule has 1 aromatic heterocycles. The molecular weight excluding hydrogens is 334 g/mol. The molecule has 138 valence electrons. The quantitative estimate of drug-likeness (QED) is 0.750. The van der Waals surface area contributed by atoms with Crippen LogP contribution in [0.3, 0.4) is 0 Å². The zero-order chi connectivity index (χ0) is 18.5. The molecule has 0 aliphatic carbocycles. The van der Waals surface area contributed by atoms with Crippen LogP contribution in [-0.2, 0) is 6.54 Å². The van der Waals surface area contributed by atoms with E-state index in [0.717, 1.165) is 44.2 Å². The van der Waals surface area contributed by atoms with Gasteiger partial charge in [-0.25, -0.2) is 4.98 Å². The molecule has 1 aliphatic rings. The zero-order valence-electron chi connectivity index (χ0n) is 15.7. The average molecular weight is 359 g/mol. The van der Waals surface area contributed by atoms with Crippen LogP contribution in [0.25, 0.3) is 0 Å². The molecule has 1 N–H and O–H groups in total. The van der Waals surface area contributed by atoms with E-state index >= 15 is 0 Å². The van der Waals surface area contributed by atoms with Crippen molar-refractivity contribution in [3.63, 3.8) is 0 Å². The lowest BCUT2D eigenvalue weighted by Crippen LogP contribution is -2.46. The van der Waals surface area contributed by atoms with E-state index in [1.165, 1.54) is 11.1 Å². The van der Waals surface area contributed by atoms with Gasteiger partial charge in [-0.15, -0.1) is 0 Å². The lowest BCUT2D eigenvalue weighted by Gasteiger charge is -2.35. The molecule has 0 saturated carbocycles. The Hall–Kier alpha value is -2.92. The maximum absolute atomic E-state index is 4.72. The minimum absolute atomic E-state index is 0.643. The SMILES string of the molecule is Cc1cccc(Nc2nccc(N3CCN(Cc4ccccc4)CC3)n2)c1. The number of benzene rings is 2.